The third-order valence-electron chi connectivity index (χ3n) is 3.44. The molecule has 0 amide bonds. The summed E-state index contributed by atoms with van der Waals surface area (Å²) in [6.07, 6.45) is 1.34. The van der Waals surface area contributed by atoms with Gasteiger partial charge >= 0.3 is 0 Å². The van der Waals surface area contributed by atoms with Gasteiger partial charge in [-0.3, -0.25) is 4.79 Å². The highest BCUT2D eigenvalue weighted by molar-refractivity contribution is 7.13. The molecule has 0 aliphatic rings. The second-order valence-corrected chi connectivity index (χ2v) is 6.62. The van der Waals surface area contributed by atoms with Gasteiger partial charge in [0.15, 0.2) is 0 Å². The standard InChI is InChI=1S/C16H13Cl2N3O3S/c1-23-10-3-4-11(13(5-10)24-2)15-20-9(8-25-15)7-21-16(22)14(18)12(17)6-19-21/h3-6,8H,7H2,1-2H3. The summed E-state index contributed by atoms with van der Waals surface area (Å²) < 4.78 is 11.8. The fourth-order valence-electron chi connectivity index (χ4n) is 2.19. The third-order valence-corrected chi connectivity index (χ3v) is 5.12. The van der Waals surface area contributed by atoms with Crippen LogP contribution in [-0.2, 0) is 6.54 Å². The summed E-state index contributed by atoms with van der Waals surface area (Å²) in [5.74, 6) is 1.36. The Balaban J connectivity index is 1.91. The van der Waals surface area contributed by atoms with E-state index in [0.29, 0.717) is 17.2 Å². The number of rotatable bonds is 5. The van der Waals surface area contributed by atoms with Crippen LogP contribution in [0.15, 0.2) is 34.6 Å². The Morgan fingerprint density at radius 1 is 1.24 bits per heavy atom. The Bertz CT molecular complexity index is 971. The molecule has 0 atom stereocenters. The molecule has 2 aromatic heterocycles. The number of aromatic nitrogens is 3. The normalized spacial score (nSPS) is 10.7. The van der Waals surface area contributed by atoms with Crippen LogP contribution in [0, 0.1) is 0 Å². The topological polar surface area (TPSA) is 66.2 Å². The molecule has 0 N–H and O–H groups in total. The second-order valence-electron chi connectivity index (χ2n) is 4.98. The van der Waals surface area contributed by atoms with Gasteiger partial charge < -0.3 is 9.47 Å². The van der Waals surface area contributed by atoms with Gasteiger partial charge in [-0.05, 0) is 12.1 Å². The van der Waals surface area contributed by atoms with E-state index in [2.05, 4.69) is 10.1 Å². The Morgan fingerprint density at radius 3 is 2.76 bits per heavy atom. The quantitative estimate of drug-likeness (QED) is 0.655. The first-order valence-electron chi connectivity index (χ1n) is 7.11. The lowest BCUT2D eigenvalue weighted by Crippen LogP contribution is -2.23. The van der Waals surface area contributed by atoms with Crippen molar-refractivity contribution in [1.29, 1.82) is 0 Å². The van der Waals surface area contributed by atoms with E-state index < -0.39 is 5.56 Å². The molecule has 3 rings (SSSR count). The minimum atomic E-state index is -0.453. The van der Waals surface area contributed by atoms with Crippen LogP contribution < -0.4 is 15.0 Å². The molecule has 6 nitrogen and oxygen atoms in total. The zero-order valence-electron chi connectivity index (χ0n) is 13.3. The van der Waals surface area contributed by atoms with E-state index in [0.717, 1.165) is 10.6 Å². The smallest absolute Gasteiger partial charge is 0.287 e. The number of benzene rings is 1. The van der Waals surface area contributed by atoms with Crippen LogP contribution in [0.3, 0.4) is 0 Å². The van der Waals surface area contributed by atoms with Crippen molar-refractivity contribution >= 4 is 34.5 Å². The van der Waals surface area contributed by atoms with Crippen molar-refractivity contribution in [2.75, 3.05) is 14.2 Å². The van der Waals surface area contributed by atoms with E-state index in [-0.39, 0.29) is 16.6 Å². The minimum absolute atomic E-state index is 0.0519. The lowest BCUT2D eigenvalue weighted by Gasteiger charge is -2.08. The highest BCUT2D eigenvalue weighted by Gasteiger charge is 2.13. The Kier molecular flexibility index (Phi) is 5.27. The third kappa shape index (κ3) is 3.63. The second kappa shape index (κ2) is 7.43. The van der Waals surface area contributed by atoms with Gasteiger partial charge in [0.1, 0.15) is 21.5 Å². The Hall–Kier alpha value is -2.09. The molecule has 0 fully saturated rings. The minimum Gasteiger partial charge on any atom is -0.497 e. The molecule has 2 heterocycles. The van der Waals surface area contributed by atoms with Crippen molar-refractivity contribution in [1.82, 2.24) is 14.8 Å². The molecule has 0 radical (unpaired) electrons. The summed E-state index contributed by atoms with van der Waals surface area (Å²) in [7, 11) is 3.18. The largest absolute Gasteiger partial charge is 0.497 e. The lowest BCUT2D eigenvalue weighted by molar-refractivity contribution is 0.395. The van der Waals surface area contributed by atoms with E-state index in [1.54, 1.807) is 20.3 Å². The summed E-state index contributed by atoms with van der Waals surface area (Å²) in [5.41, 5.74) is 1.07. The molecule has 25 heavy (non-hydrogen) atoms. The fraction of sp³-hybridized carbons (Fsp3) is 0.188. The van der Waals surface area contributed by atoms with Crippen molar-refractivity contribution in [3.05, 3.63) is 55.9 Å². The molecule has 0 saturated carbocycles. The number of nitrogens with zero attached hydrogens (tertiary/aromatic N) is 3. The maximum absolute atomic E-state index is 12.1. The van der Waals surface area contributed by atoms with Gasteiger partial charge in [0, 0.05) is 11.4 Å². The average Bonchev–Trinajstić information content (AvgIpc) is 3.10. The number of thiazole rings is 1. The highest BCUT2D eigenvalue weighted by Crippen LogP contribution is 2.35. The van der Waals surface area contributed by atoms with E-state index in [4.69, 9.17) is 32.7 Å². The van der Waals surface area contributed by atoms with Crippen molar-refractivity contribution in [3.8, 4) is 22.1 Å². The first-order valence-corrected chi connectivity index (χ1v) is 8.75. The predicted molar refractivity (Wildman–Crippen MR) is 98.3 cm³/mol. The van der Waals surface area contributed by atoms with Crippen LogP contribution in [-0.4, -0.2) is 29.0 Å². The first kappa shape index (κ1) is 17.7. The van der Waals surface area contributed by atoms with Gasteiger partial charge in [-0.25, -0.2) is 9.67 Å². The summed E-state index contributed by atoms with van der Waals surface area (Å²) in [6, 6.07) is 5.51. The SMILES string of the molecule is COc1ccc(-c2nc(Cn3ncc(Cl)c(Cl)c3=O)cs2)c(OC)c1. The van der Waals surface area contributed by atoms with Gasteiger partial charge in [-0.1, -0.05) is 23.2 Å². The maximum atomic E-state index is 12.1. The summed E-state index contributed by atoms with van der Waals surface area (Å²) in [5, 5.41) is 6.68. The predicted octanol–water partition coefficient (Wildman–Crippen LogP) is 3.74. The number of hydrogen-bond acceptors (Lipinski definition) is 6. The van der Waals surface area contributed by atoms with Crippen molar-refractivity contribution in [3.63, 3.8) is 0 Å². The molecule has 0 unspecified atom stereocenters. The van der Waals surface area contributed by atoms with E-state index in [1.165, 1.54) is 22.2 Å². The van der Waals surface area contributed by atoms with Crippen LogP contribution in [0.1, 0.15) is 5.69 Å². The number of methoxy groups -OCH3 is 2. The Morgan fingerprint density at radius 2 is 2.04 bits per heavy atom. The summed E-state index contributed by atoms with van der Waals surface area (Å²) in [6.45, 7) is 0.199. The molecule has 1 aromatic carbocycles. The van der Waals surface area contributed by atoms with Crippen molar-refractivity contribution in [2.45, 2.75) is 6.54 Å². The van der Waals surface area contributed by atoms with Gasteiger partial charge in [0.25, 0.3) is 5.56 Å². The molecule has 0 aliphatic carbocycles. The molecule has 0 bridgehead atoms. The molecule has 9 heteroatoms. The first-order chi connectivity index (χ1) is 12.0. The van der Waals surface area contributed by atoms with Crippen molar-refractivity contribution in [2.24, 2.45) is 0 Å². The monoisotopic (exact) mass is 397 g/mol. The highest BCUT2D eigenvalue weighted by atomic mass is 35.5. The average molecular weight is 398 g/mol. The molecule has 0 aliphatic heterocycles. The molecule has 3 aromatic rings. The van der Waals surface area contributed by atoms with Gasteiger partial charge in [-0.15, -0.1) is 11.3 Å². The van der Waals surface area contributed by atoms with E-state index in [9.17, 15) is 4.79 Å². The molecule has 0 saturated heterocycles. The number of ether oxygens (including phenoxy) is 2. The zero-order valence-corrected chi connectivity index (χ0v) is 15.7. The zero-order chi connectivity index (χ0) is 18.0. The van der Waals surface area contributed by atoms with Gasteiger partial charge in [-0.2, -0.15) is 5.10 Å². The van der Waals surface area contributed by atoms with Gasteiger partial charge in [0.05, 0.1) is 43.2 Å². The fourth-order valence-corrected chi connectivity index (χ4v) is 3.30. The van der Waals surface area contributed by atoms with Gasteiger partial charge in [0.2, 0.25) is 0 Å². The van der Waals surface area contributed by atoms with E-state index in [1.807, 2.05) is 17.5 Å². The van der Waals surface area contributed by atoms with Crippen LogP contribution >= 0.6 is 34.5 Å². The van der Waals surface area contributed by atoms with Crippen molar-refractivity contribution < 1.29 is 9.47 Å². The van der Waals surface area contributed by atoms with Crippen LogP contribution in [0.4, 0.5) is 0 Å². The number of halogens is 2. The lowest BCUT2D eigenvalue weighted by atomic mass is 10.2. The van der Waals surface area contributed by atoms with Crippen LogP contribution in [0.25, 0.3) is 10.6 Å². The molecular formula is C16H13Cl2N3O3S. The summed E-state index contributed by atoms with van der Waals surface area (Å²) >= 11 is 13.1. The van der Waals surface area contributed by atoms with Crippen LogP contribution in [0.2, 0.25) is 10.0 Å². The molecule has 0 spiro atoms. The molecule has 130 valence electrons. The Labute approximate surface area is 157 Å². The maximum Gasteiger partial charge on any atom is 0.287 e. The van der Waals surface area contributed by atoms with Crippen LogP contribution in [0.5, 0.6) is 11.5 Å². The summed E-state index contributed by atoms with van der Waals surface area (Å²) in [4.78, 5) is 16.6. The number of hydrogen-bond donors (Lipinski definition) is 0. The van der Waals surface area contributed by atoms with E-state index >= 15 is 0 Å². The molecular weight excluding hydrogens is 385 g/mol.